The van der Waals surface area contributed by atoms with Gasteiger partial charge in [-0.05, 0) is 37.8 Å². The Bertz CT molecular complexity index is 521. The van der Waals surface area contributed by atoms with Crippen molar-refractivity contribution in [1.82, 2.24) is 5.32 Å². The van der Waals surface area contributed by atoms with Gasteiger partial charge in [-0.15, -0.1) is 0 Å². The Kier molecular flexibility index (Phi) is 3.89. The number of halogens is 1. The Morgan fingerprint density at radius 1 is 1.53 bits per heavy atom. The van der Waals surface area contributed by atoms with Gasteiger partial charge in [-0.1, -0.05) is 22.0 Å². The first-order valence-corrected chi connectivity index (χ1v) is 7.23. The summed E-state index contributed by atoms with van der Waals surface area (Å²) >= 11 is 3.40. The monoisotopic (exact) mass is 326 g/mol. The van der Waals surface area contributed by atoms with Crippen LogP contribution in [-0.4, -0.2) is 21.7 Å². The van der Waals surface area contributed by atoms with Crippen LogP contribution in [0.2, 0.25) is 0 Å². The normalized spacial score (nSPS) is 16.5. The number of carbonyl (C=O) groups excluding carboxylic acids is 1. The zero-order chi connectivity index (χ0) is 14.0. The van der Waals surface area contributed by atoms with Crippen LogP contribution in [0.3, 0.4) is 0 Å². The molecule has 1 N–H and O–H groups in total. The first kappa shape index (κ1) is 14.0. The third-order valence-corrected chi connectivity index (χ3v) is 4.61. The fourth-order valence-corrected chi connectivity index (χ4v) is 2.90. The minimum atomic E-state index is -0.518. The SMILES string of the molecule is Cc1ccc([N+](=O)[O-])c(C(=O)NC2(CBr)CCC2)c1. The molecular formula is C13H15BrN2O3. The van der Waals surface area contributed by atoms with Gasteiger partial charge in [0.15, 0.2) is 0 Å². The molecule has 0 radical (unpaired) electrons. The van der Waals surface area contributed by atoms with Crippen molar-refractivity contribution in [2.24, 2.45) is 0 Å². The molecule has 1 aromatic carbocycles. The number of hydrogen-bond acceptors (Lipinski definition) is 3. The predicted octanol–water partition coefficient (Wildman–Crippen LogP) is 2.95. The topological polar surface area (TPSA) is 72.2 Å². The van der Waals surface area contributed by atoms with Crippen molar-refractivity contribution in [2.75, 3.05) is 5.33 Å². The summed E-state index contributed by atoms with van der Waals surface area (Å²) in [5.74, 6) is -0.366. The highest BCUT2D eigenvalue weighted by Gasteiger charge is 2.38. The van der Waals surface area contributed by atoms with E-state index in [9.17, 15) is 14.9 Å². The average molecular weight is 327 g/mol. The molecule has 0 spiro atoms. The molecule has 0 unspecified atom stereocenters. The molecule has 2 rings (SSSR count). The van der Waals surface area contributed by atoms with E-state index < -0.39 is 4.92 Å². The molecule has 0 aromatic heterocycles. The Hall–Kier alpha value is -1.43. The van der Waals surface area contributed by atoms with Crippen LogP contribution in [0.4, 0.5) is 5.69 Å². The van der Waals surface area contributed by atoms with Gasteiger partial charge in [0.25, 0.3) is 11.6 Å². The Labute approximate surface area is 119 Å². The number of nitro groups is 1. The van der Waals surface area contributed by atoms with Crippen molar-refractivity contribution < 1.29 is 9.72 Å². The smallest absolute Gasteiger partial charge is 0.282 e. The number of amides is 1. The second-order valence-corrected chi connectivity index (χ2v) is 5.56. The zero-order valence-corrected chi connectivity index (χ0v) is 12.2. The molecule has 6 heteroatoms. The van der Waals surface area contributed by atoms with Gasteiger partial charge in [0.1, 0.15) is 5.56 Å². The lowest BCUT2D eigenvalue weighted by molar-refractivity contribution is -0.385. The molecule has 19 heavy (non-hydrogen) atoms. The highest BCUT2D eigenvalue weighted by Crippen LogP contribution is 2.34. The molecule has 1 amide bonds. The van der Waals surface area contributed by atoms with Gasteiger partial charge in [0, 0.05) is 11.4 Å². The standard InChI is InChI=1S/C13H15BrN2O3/c1-9-3-4-11(16(18)19)10(7-9)12(17)15-13(8-14)5-2-6-13/h3-4,7H,2,5-6,8H2,1H3,(H,15,17). The molecule has 0 heterocycles. The lowest BCUT2D eigenvalue weighted by atomic mass is 9.78. The summed E-state index contributed by atoms with van der Waals surface area (Å²) in [6.45, 7) is 1.81. The highest BCUT2D eigenvalue weighted by molar-refractivity contribution is 9.09. The number of aryl methyl sites for hydroxylation is 1. The number of nitrogens with zero attached hydrogens (tertiary/aromatic N) is 1. The molecule has 1 fully saturated rings. The van der Waals surface area contributed by atoms with Gasteiger partial charge < -0.3 is 5.32 Å². The van der Waals surface area contributed by atoms with E-state index in [4.69, 9.17) is 0 Å². The van der Waals surface area contributed by atoms with E-state index >= 15 is 0 Å². The lowest BCUT2D eigenvalue weighted by Crippen LogP contribution is -2.54. The second kappa shape index (κ2) is 5.28. The zero-order valence-electron chi connectivity index (χ0n) is 10.6. The summed E-state index contributed by atoms with van der Waals surface area (Å²) in [4.78, 5) is 22.7. The van der Waals surface area contributed by atoms with E-state index in [-0.39, 0.29) is 22.7 Å². The van der Waals surface area contributed by atoms with Crippen LogP contribution in [-0.2, 0) is 0 Å². The fraction of sp³-hybridized carbons (Fsp3) is 0.462. The third kappa shape index (κ3) is 2.78. The highest BCUT2D eigenvalue weighted by atomic mass is 79.9. The molecule has 1 aromatic rings. The first-order chi connectivity index (χ1) is 8.97. The molecule has 0 atom stereocenters. The van der Waals surface area contributed by atoms with Crippen molar-refractivity contribution in [3.63, 3.8) is 0 Å². The summed E-state index contributed by atoms with van der Waals surface area (Å²) in [5, 5.41) is 14.6. The van der Waals surface area contributed by atoms with Crippen LogP contribution in [0, 0.1) is 17.0 Å². The predicted molar refractivity (Wildman–Crippen MR) is 75.7 cm³/mol. The van der Waals surface area contributed by atoms with Gasteiger partial charge in [0.05, 0.1) is 10.5 Å². The van der Waals surface area contributed by atoms with Crippen molar-refractivity contribution in [1.29, 1.82) is 0 Å². The van der Waals surface area contributed by atoms with Crippen molar-refractivity contribution in [2.45, 2.75) is 31.7 Å². The number of carbonyl (C=O) groups is 1. The summed E-state index contributed by atoms with van der Waals surface area (Å²) in [6.07, 6.45) is 2.88. The maximum Gasteiger partial charge on any atom is 0.282 e. The van der Waals surface area contributed by atoms with E-state index in [1.165, 1.54) is 6.07 Å². The van der Waals surface area contributed by atoms with Gasteiger partial charge in [-0.2, -0.15) is 0 Å². The van der Waals surface area contributed by atoms with E-state index in [0.29, 0.717) is 5.33 Å². The molecular weight excluding hydrogens is 312 g/mol. The van der Waals surface area contributed by atoms with Crippen molar-refractivity contribution in [3.05, 3.63) is 39.4 Å². The number of nitrogens with one attached hydrogen (secondary N) is 1. The minimum absolute atomic E-state index is 0.136. The summed E-state index contributed by atoms with van der Waals surface area (Å²) in [7, 11) is 0. The number of nitro benzene ring substituents is 1. The van der Waals surface area contributed by atoms with E-state index in [1.807, 2.05) is 6.92 Å². The summed E-state index contributed by atoms with van der Waals surface area (Å²) < 4.78 is 0. The fourth-order valence-electron chi connectivity index (χ4n) is 2.19. The largest absolute Gasteiger partial charge is 0.346 e. The number of alkyl halides is 1. The number of hydrogen-bond donors (Lipinski definition) is 1. The molecule has 1 aliphatic carbocycles. The maximum absolute atomic E-state index is 12.3. The molecule has 5 nitrogen and oxygen atoms in total. The maximum atomic E-state index is 12.3. The Balaban J connectivity index is 2.28. The molecule has 0 bridgehead atoms. The molecule has 102 valence electrons. The van der Waals surface area contributed by atoms with Crippen molar-refractivity contribution >= 4 is 27.5 Å². The van der Waals surface area contributed by atoms with Crippen LogP contribution in [0.5, 0.6) is 0 Å². The Morgan fingerprint density at radius 2 is 2.21 bits per heavy atom. The lowest BCUT2D eigenvalue weighted by Gasteiger charge is -2.41. The molecule has 0 saturated heterocycles. The van der Waals surface area contributed by atoms with Crippen LogP contribution < -0.4 is 5.32 Å². The molecule has 0 aliphatic heterocycles. The van der Waals surface area contributed by atoms with E-state index in [1.54, 1.807) is 12.1 Å². The number of benzene rings is 1. The summed E-state index contributed by atoms with van der Waals surface area (Å²) in [6, 6.07) is 4.58. The van der Waals surface area contributed by atoms with Gasteiger partial charge in [-0.25, -0.2) is 0 Å². The first-order valence-electron chi connectivity index (χ1n) is 6.11. The van der Waals surface area contributed by atoms with E-state index in [0.717, 1.165) is 24.8 Å². The summed E-state index contributed by atoms with van der Waals surface area (Å²) in [5.41, 5.74) is 0.580. The Morgan fingerprint density at radius 3 is 2.68 bits per heavy atom. The van der Waals surface area contributed by atoms with Gasteiger partial charge in [0.2, 0.25) is 0 Å². The van der Waals surface area contributed by atoms with Crippen molar-refractivity contribution in [3.8, 4) is 0 Å². The second-order valence-electron chi connectivity index (χ2n) is 5.00. The quantitative estimate of drug-likeness (QED) is 0.525. The van der Waals surface area contributed by atoms with Crippen LogP contribution in [0.15, 0.2) is 18.2 Å². The average Bonchev–Trinajstić information content (AvgIpc) is 2.33. The van der Waals surface area contributed by atoms with E-state index in [2.05, 4.69) is 21.2 Å². The van der Waals surface area contributed by atoms with Gasteiger partial charge >= 0.3 is 0 Å². The number of rotatable bonds is 4. The van der Waals surface area contributed by atoms with Crippen LogP contribution in [0.25, 0.3) is 0 Å². The van der Waals surface area contributed by atoms with Crippen LogP contribution >= 0.6 is 15.9 Å². The van der Waals surface area contributed by atoms with Crippen LogP contribution in [0.1, 0.15) is 35.2 Å². The van der Waals surface area contributed by atoms with Gasteiger partial charge in [-0.3, -0.25) is 14.9 Å². The molecule has 1 saturated carbocycles. The third-order valence-electron chi connectivity index (χ3n) is 3.54. The molecule has 1 aliphatic rings. The minimum Gasteiger partial charge on any atom is -0.346 e.